The third-order valence-corrected chi connectivity index (χ3v) is 2.77. The molecule has 0 bridgehead atoms. The fourth-order valence-corrected chi connectivity index (χ4v) is 1.99. The summed E-state index contributed by atoms with van der Waals surface area (Å²) in [6.45, 7) is 5.28. The second kappa shape index (κ2) is 5.56. The monoisotopic (exact) mass is 259 g/mol. The van der Waals surface area contributed by atoms with Crippen LogP contribution >= 0.6 is 0 Å². The highest BCUT2D eigenvalue weighted by Gasteiger charge is 2.38. The Morgan fingerprint density at radius 3 is 2.39 bits per heavy atom. The quantitative estimate of drug-likeness (QED) is 0.717. The van der Waals surface area contributed by atoms with E-state index in [4.69, 9.17) is 4.74 Å². The summed E-state index contributed by atoms with van der Waals surface area (Å²) in [6.07, 6.45) is -0.668. The van der Waals surface area contributed by atoms with Crippen LogP contribution in [0.4, 0.5) is 4.79 Å². The van der Waals surface area contributed by atoms with Gasteiger partial charge in [-0.3, -0.25) is 4.79 Å². The zero-order valence-electron chi connectivity index (χ0n) is 11.2. The molecule has 2 N–H and O–H groups in total. The molecule has 0 heterocycles. The minimum Gasteiger partial charge on any atom is -0.469 e. The molecule has 6 heteroatoms. The van der Waals surface area contributed by atoms with Gasteiger partial charge in [-0.2, -0.15) is 0 Å². The maximum Gasteiger partial charge on any atom is 0.407 e. The van der Waals surface area contributed by atoms with Crippen LogP contribution in [0.5, 0.6) is 0 Å². The smallest absolute Gasteiger partial charge is 0.407 e. The van der Waals surface area contributed by atoms with Crippen molar-refractivity contribution >= 4 is 12.1 Å². The molecule has 0 unspecified atom stereocenters. The third kappa shape index (κ3) is 4.18. The first-order chi connectivity index (χ1) is 8.23. The Balaban J connectivity index is 2.49. The van der Waals surface area contributed by atoms with Crippen LogP contribution in [-0.2, 0) is 14.3 Å². The van der Waals surface area contributed by atoms with Gasteiger partial charge in [0, 0.05) is 0 Å². The van der Waals surface area contributed by atoms with E-state index in [9.17, 15) is 14.7 Å². The van der Waals surface area contributed by atoms with Gasteiger partial charge in [0.1, 0.15) is 5.60 Å². The number of aliphatic hydroxyl groups excluding tert-OH is 1. The molecule has 0 aliphatic heterocycles. The zero-order valence-corrected chi connectivity index (χ0v) is 11.2. The maximum absolute atomic E-state index is 11.5. The Kier molecular flexibility index (Phi) is 4.56. The SMILES string of the molecule is COC(=O)[C@H]1C[C@H](O)[C@H](NC(=O)OC(C)(C)C)C1. The molecule has 1 rings (SSSR count). The highest BCUT2D eigenvalue weighted by Crippen LogP contribution is 2.27. The van der Waals surface area contributed by atoms with Crippen molar-refractivity contribution in [1.29, 1.82) is 0 Å². The Bertz CT molecular complexity index is 323. The van der Waals surface area contributed by atoms with E-state index in [1.54, 1.807) is 20.8 Å². The number of carbonyl (C=O) groups is 2. The summed E-state index contributed by atoms with van der Waals surface area (Å²) >= 11 is 0. The van der Waals surface area contributed by atoms with Crippen LogP contribution in [0.3, 0.4) is 0 Å². The van der Waals surface area contributed by atoms with Gasteiger partial charge in [0.15, 0.2) is 0 Å². The molecule has 104 valence electrons. The van der Waals surface area contributed by atoms with Gasteiger partial charge in [-0.05, 0) is 33.6 Å². The lowest BCUT2D eigenvalue weighted by Gasteiger charge is -2.22. The van der Waals surface area contributed by atoms with E-state index < -0.39 is 23.8 Å². The van der Waals surface area contributed by atoms with Crippen molar-refractivity contribution in [2.45, 2.75) is 51.4 Å². The molecule has 0 aromatic rings. The molecule has 1 fully saturated rings. The second-order valence-electron chi connectivity index (χ2n) is 5.51. The van der Waals surface area contributed by atoms with Gasteiger partial charge >= 0.3 is 12.1 Å². The number of hydrogen-bond donors (Lipinski definition) is 2. The Labute approximate surface area is 107 Å². The normalized spacial score (nSPS) is 27.7. The molecule has 0 saturated heterocycles. The number of nitrogens with one attached hydrogen (secondary N) is 1. The number of amides is 1. The van der Waals surface area contributed by atoms with Crippen LogP contribution < -0.4 is 5.32 Å². The van der Waals surface area contributed by atoms with Gasteiger partial charge in [0.05, 0.1) is 25.2 Å². The first-order valence-electron chi connectivity index (χ1n) is 5.98. The zero-order chi connectivity index (χ0) is 13.9. The highest BCUT2D eigenvalue weighted by molar-refractivity contribution is 5.73. The summed E-state index contributed by atoms with van der Waals surface area (Å²) in [7, 11) is 1.31. The molecule has 0 radical (unpaired) electrons. The van der Waals surface area contributed by atoms with E-state index in [2.05, 4.69) is 10.1 Å². The molecule has 18 heavy (non-hydrogen) atoms. The molecule has 1 amide bonds. The standard InChI is InChI=1S/C12H21NO5/c1-12(2,3)18-11(16)13-8-5-7(6-9(8)14)10(15)17-4/h7-9,14H,5-6H2,1-4H3,(H,13,16)/t7-,8-,9+/m1/s1. The first-order valence-corrected chi connectivity index (χ1v) is 5.98. The maximum atomic E-state index is 11.5. The van der Waals surface area contributed by atoms with Gasteiger partial charge in [-0.25, -0.2) is 4.79 Å². The summed E-state index contributed by atoms with van der Waals surface area (Å²) in [6, 6.07) is -0.469. The van der Waals surface area contributed by atoms with Crippen LogP contribution in [0.15, 0.2) is 0 Å². The molecule has 0 aromatic heterocycles. The average molecular weight is 259 g/mol. The van der Waals surface area contributed by atoms with E-state index >= 15 is 0 Å². The number of aliphatic hydroxyl groups is 1. The van der Waals surface area contributed by atoms with Gasteiger partial charge in [0.25, 0.3) is 0 Å². The molecule has 0 aromatic carbocycles. The van der Waals surface area contributed by atoms with E-state index in [1.807, 2.05) is 0 Å². The summed E-state index contributed by atoms with van der Waals surface area (Å²) < 4.78 is 9.72. The van der Waals surface area contributed by atoms with E-state index in [1.165, 1.54) is 7.11 Å². The number of methoxy groups -OCH3 is 1. The Morgan fingerprint density at radius 1 is 1.28 bits per heavy atom. The van der Waals surface area contributed by atoms with Gasteiger partial charge in [-0.15, -0.1) is 0 Å². The van der Waals surface area contributed by atoms with Crippen molar-refractivity contribution in [3.05, 3.63) is 0 Å². The van der Waals surface area contributed by atoms with Crippen molar-refractivity contribution in [1.82, 2.24) is 5.32 Å². The summed E-state index contributed by atoms with van der Waals surface area (Å²) in [5.41, 5.74) is -0.588. The molecular weight excluding hydrogens is 238 g/mol. The topological polar surface area (TPSA) is 84.9 Å². The van der Waals surface area contributed by atoms with Crippen molar-refractivity contribution in [2.24, 2.45) is 5.92 Å². The van der Waals surface area contributed by atoms with Gasteiger partial charge in [-0.1, -0.05) is 0 Å². The molecule has 6 nitrogen and oxygen atoms in total. The number of alkyl carbamates (subject to hydrolysis) is 1. The number of hydrogen-bond acceptors (Lipinski definition) is 5. The number of rotatable bonds is 2. The Morgan fingerprint density at radius 2 is 1.89 bits per heavy atom. The second-order valence-corrected chi connectivity index (χ2v) is 5.51. The number of ether oxygens (including phenoxy) is 2. The van der Waals surface area contributed by atoms with Crippen LogP contribution in [-0.4, -0.2) is 42.0 Å². The first kappa shape index (κ1) is 14.8. The highest BCUT2D eigenvalue weighted by atomic mass is 16.6. The van der Waals surface area contributed by atoms with Crippen LogP contribution in [0, 0.1) is 5.92 Å². The molecule has 1 aliphatic rings. The van der Waals surface area contributed by atoms with E-state index in [0.717, 1.165) is 0 Å². The fourth-order valence-electron chi connectivity index (χ4n) is 1.99. The van der Waals surface area contributed by atoms with Gasteiger partial charge < -0.3 is 19.9 Å². The van der Waals surface area contributed by atoms with Crippen molar-refractivity contribution < 1.29 is 24.2 Å². The third-order valence-electron chi connectivity index (χ3n) is 2.77. The summed E-state index contributed by atoms with van der Waals surface area (Å²) in [5.74, 6) is -0.729. The predicted molar refractivity (Wildman–Crippen MR) is 63.9 cm³/mol. The summed E-state index contributed by atoms with van der Waals surface area (Å²) in [4.78, 5) is 22.9. The van der Waals surface area contributed by atoms with Crippen molar-refractivity contribution in [2.75, 3.05) is 7.11 Å². The predicted octanol–water partition coefficient (Wildman–Crippen LogP) is 0.824. The molecular formula is C12H21NO5. The number of esters is 1. The van der Waals surface area contributed by atoms with Crippen molar-refractivity contribution in [3.8, 4) is 0 Å². The minimum atomic E-state index is -0.749. The van der Waals surface area contributed by atoms with Crippen LogP contribution in [0.2, 0.25) is 0 Å². The molecule has 1 aliphatic carbocycles. The number of carbonyl (C=O) groups excluding carboxylic acids is 2. The molecule has 1 saturated carbocycles. The molecule has 0 spiro atoms. The summed E-state index contributed by atoms with van der Waals surface area (Å²) in [5, 5.41) is 12.3. The van der Waals surface area contributed by atoms with Crippen molar-refractivity contribution in [3.63, 3.8) is 0 Å². The fraction of sp³-hybridized carbons (Fsp3) is 0.833. The Hall–Kier alpha value is -1.30. The minimum absolute atomic E-state index is 0.299. The lowest BCUT2D eigenvalue weighted by atomic mass is 10.1. The molecule has 3 atom stereocenters. The van der Waals surface area contributed by atoms with E-state index in [-0.39, 0.29) is 11.9 Å². The largest absolute Gasteiger partial charge is 0.469 e. The average Bonchev–Trinajstić information content (AvgIpc) is 2.56. The van der Waals surface area contributed by atoms with Crippen LogP contribution in [0.1, 0.15) is 33.6 Å². The van der Waals surface area contributed by atoms with Crippen LogP contribution in [0.25, 0.3) is 0 Å². The van der Waals surface area contributed by atoms with E-state index in [0.29, 0.717) is 12.8 Å². The lowest BCUT2D eigenvalue weighted by Crippen LogP contribution is -2.42. The lowest BCUT2D eigenvalue weighted by molar-refractivity contribution is -0.145. The van der Waals surface area contributed by atoms with Gasteiger partial charge in [0.2, 0.25) is 0 Å².